The zero-order chi connectivity index (χ0) is 20.1. The van der Waals surface area contributed by atoms with Crippen LogP contribution in [-0.2, 0) is 0 Å². The number of aromatic nitrogens is 2. The van der Waals surface area contributed by atoms with Crippen molar-refractivity contribution in [1.29, 1.82) is 0 Å². The van der Waals surface area contributed by atoms with Crippen molar-refractivity contribution in [2.24, 2.45) is 0 Å². The number of nitrogens with one attached hydrogen (secondary N) is 1. The summed E-state index contributed by atoms with van der Waals surface area (Å²) in [6.45, 7) is 12.4. The second kappa shape index (κ2) is 9.24. The van der Waals surface area contributed by atoms with Crippen LogP contribution in [0.3, 0.4) is 0 Å². The van der Waals surface area contributed by atoms with Gasteiger partial charge in [-0.15, -0.1) is 0 Å². The van der Waals surface area contributed by atoms with Crippen LogP contribution in [0, 0.1) is 20.8 Å². The molecule has 0 saturated carbocycles. The topological polar surface area (TPSA) is 47.5 Å². The third-order valence-corrected chi connectivity index (χ3v) is 5.43. The van der Waals surface area contributed by atoms with Crippen molar-refractivity contribution in [2.45, 2.75) is 27.2 Å². The number of hydrogen-bond donors (Lipinski definition) is 1. The second-order valence-electron chi connectivity index (χ2n) is 7.97. The molecular weight excluding hydrogens is 348 g/mol. The van der Waals surface area contributed by atoms with Crippen LogP contribution < -0.4 is 15.1 Å². The molecule has 0 unspecified atom stereocenters. The third-order valence-electron chi connectivity index (χ3n) is 5.43. The molecule has 0 radical (unpaired) electrons. The number of rotatable bonds is 7. The van der Waals surface area contributed by atoms with Crippen molar-refractivity contribution in [3.8, 4) is 0 Å². The summed E-state index contributed by atoms with van der Waals surface area (Å²) in [4.78, 5) is 16.4. The Morgan fingerprint density at radius 1 is 1.00 bits per heavy atom. The quantitative estimate of drug-likeness (QED) is 0.743. The molecule has 0 spiro atoms. The van der Waals surface area contributed by atoms with Gasteiger partial charge in [0.15, 0.2) is 0 Å². The van der Waals surface area contributed by atoms with Gasteiger partial charge < -0.3 is 20.0 Å². The highest BCUT2D eigenvalue weighted by molar-refractivity contribution is 5.57. The first-order valence-electron chi connectivity index (χ1n) is 10.2. The Morgan fingerprint density at radius 3 is 2.43 bits per heavy atom. The summed E-state index contributed by atoms with van der Waals surface area (Å²) in [7, 11) is 4.19. The maximum Gasteiger partial charge on any atom is 0.224 e. The van der Waals surface area contributed by atoms with E-state index in [1.807, 2.05) is 6.92 Å². The molecule has 1 aromatic carbocycles. The van der Waals surface area contributed by atoms with Gasteiger partial charge in [0.05, 0.1) is 0 Å². The fourth-order valence-corrected chi connectivity index (χ4v) is 3.64. The number of piperazine rings is 1. The minimum Gasteiger partial charge on any atom is -0.368 e. The molecule has 152 valence electrons. The van der Waals surface area contributed by atoms with Crippen molar-refractivity contribution in [2.75, 3.05) is 68.5 Å². The summed E-state index contributed by atoms with van der Waals surface area (Å²) in [6, 6.07) is 8.68. The summed E-state index contributed by atoms with van der Waals surface area (Å²) in [6.07, 6.45) is 1.08. The molecule has 1 aliphatic heterocycles. The number of hydrogen-bond acceptors (Lipinski definition) is 6. The summed E-state index contributed by atoms with van der Waals surface area (Å²) >= 11 is 0. The van der Waals surface area contributed by atoms with E-state index < -0.39 is 0 Å². The van der Waals surface area contributed by atoms with E-state index >= 15 is 0 Å². The van der Waals surface area contributed by atoms with Crippen LogP contribution in [0.25, 0.3) is 0 Å². The Hall–Kier alpha value is -2.34. The van der Waals surface area contributed by atoms with E-state index in [-0.39, 0.29) is 0 Å². The predicted octanol–water partition coefficient (Wildman–Crippen LogP) is 3.09. The average Bonchev–Trinajstić information content (AvgIpc) is 2.67. The summed E-state index contributed by atoms with van der Waals surface area (Å²) < 4.78 is 0. The van der Waals surface area contributed by atoms with Gasteiger partial charge in [-0.1, -0.05) is 12.1 Å². The monoisotopic (exact) mass is 382 g/mol. The SMILES string of the molecule is Cc1cc(N2CCN(c3cccc(C)c3C)CC2)nc(NCCCN(C)C)n1. The Bertz CT molecular complexity index is 781. The Labute approximate surface area is 169 Å². The zero-order valence-corrected chi connectivity index (χ0v) is 18.0. The average molecular weight is 383 g/mol. The molecule has 1 saturated heterocycles. The first-order chi connectivity index (χ1) is 13.4. The first-order valence-corrected chi connectivity index (χ1v) is 10.2. The first kappa shape index (κ1) is 20.4. The lowest BCUT2D eigenvalue weighted by molar-refractivity contribution is 0.405. The molecule has 3 rings (SSSR count). The van der Waals surface area contributed by atoms with Gasteiger partial charge >= 0.3 is 0 Å². The van der Waals surface area contributed by atoms with Crippen molar-refractivity contribution >= 4 is 17.5 Å². The van der Waals surface area contributed by atoms with Gasteiger partial charge in [-0.05, 0) is 65.0 Å². The molecule has 28 heavy (non-hydrogen) atoms. The lowest BCUT2D eigenvalue weighted by Gasteiger charge is -2.37. The lowest BCUT2D eigenvalue weighted by Crippen LogP contribution is -2.47. The fraction of sp³-hybridized carbons (Fsp3) is 0.545. The molecule has 2 aromatic rings. The standard InChI is InChI=1S/C22H34N6/c1-17-8-6-9-20(19(17)3)27-12-14-28(15-13-27)21-16-18(2)24-22(25-21)23-10-7-11-26(4)5/h6,8-9,16H,7,10-15H2,1-5H3,(H,23,24,25). The molecule has 0 amide bonds. The second-order valence-corrected chi connectivity index (χ2v) is 7.97. The van der Waals surface area contributed by atoms with E-state index in [1.54, 1.807) is 0 Å². The predicted molar refractivity (Wildman–Crippen MR) is 119 cm³/mol. The van der Waals surface area contributed by atoms with Gasteiger partial charge in [-0.25, -0.2) is 4.98 Å². The number of benzene rings is 1. The van der Waals surface area contributed by atoms with Crippen LogP contribution in [-0.4, -0.2) is 68.2 Å². The summed E-state index contributed by atoms with van der Waals surface area (Å²) in [5.74, 6) is 1.77. The van der Waals surface area contributed by atoms with E-state index in [1.165, 1.54) is 16.8 Å². The van der Waals surface area contributed by atoms with Gasteiger partial charge in [0, 0.05) is 50.2 Å². The minimum absolute atomic E-state index is 0.741. The summed E-state index contributed by atoms with van der Waals surface area (Å²) in [5.41, 5.74) is 5.12. The van der Waals surface area contributed by atoms with Crippen LogP contribution in [0.5, 0.6) is 0 Å². The van der Waals surface area contributed by atoms with Gasteiger partial charge in [-0.3, -0.25) is 0 Å². The molecule has 0 aliphatic carbocycles. The van der Waals surface area contributed by atoms with Gasteiger partial charge in [0.1, 0.15) is 5.82 Å². The number of nitrogens with zero attached hydrogens (tertiary/aromatic N) is 5. The molecule has 6 nitrogen and oxygen atoms in total. The Morgan fingerprint density at radius 2 is 1.71 bits per heavy atom. The fourth-order valence-electron chi connectivity index (χ4n) is 3.64. The van der Waals surface area contributed by atoms with E-state index in [9.17, 15) is 0 Å². The van der Waals surface area contributed by atoms with E-state index in [0.29, 0.717) is 0 Å². The lowest BCUT2D eigenvalue weighted by atomic mass is 10.1. The number of aryl methyl sites for hydroxylation is 2. The van der Waals surface area contributed by atoms with Gasteiger partial charge in [0.25, 0.3) is 0 Å². The van der Waals surface area contributed by atoms with Crippen LogP contribution in [0.15, 0.2) is 24.3 Å². The molecule has 1 aromatic heterocycles. The van der Waals surface area contributed by atoms with Gasteiger partial charge in [0.2, 0.25) is 5.95 Å². The van der Waals surface area contributed by atoms with E-state index in [4.69, 9.17) is 4.98 Å². The molecule has 1 N–H and O–H groups in total. The normalized spacial score (nSPS) is 14.6. The van der Waals surface area contributed by atoms with Crippen molar-refractivity contribution < 1.29 is 0 Å². The van der Waals surface area contributed by atoms with Gasteiger partial charge in [-0.2, -0.15) is 4.98 Å². The zero-order valence-electron chi connectivity index (χ0n) is 18.0. The molecular formula is C22H34N6. The van der Waals surface area contributed by atoms with Crippen LogP contribution in [0.1, 0.15) is 23.2 Å². The highest BCUT2D eigenvalue weighted by Crippen LogP contribution is 2.25. The highest BCUT2D eigenvalue weighted by Gasteiger charge is 2.20. The molecule has 1 fully saturated rings. The molecule has 0 bridgehead atoms. The smallest absolute Gasteiger partial charge is 0.224 e. The van der Waals surface area contributed by atoms with Crippen LogP contribution in [0.2, 0.25) is 0 Å². The largest absolute Gasteiger partial charge is 0.368 e. The minimum atomic E-state index is 0.741. The van der Waals surface area contributed by atoms with E-state index in [2.05, 4.69) is 77.2 Å². The van der Waals surface area contributed by atoms with Crippen LogP contribution >= 0.6 is 0 Å². The molecule has 0 atom stereocenters. The molecule has 6 heteroatoms. The Balaban J connectivity index is 1.61. The van der Waals surface area contributed by atoms with Crippen molar-refractivity contribution in [3.63, 3.8) is 0 Å². The number of anilines is 3. The molecule has 1 aliphatic rings. The summed E-state index contributed by atoms with van der Waals surface area (Å²) in [5, 5.41) is 3.38. The maximum absolute atomic E-state index is 4.77. The highest BCUT2D eigenvalue weighted by atomic mass is 15.3. The van der Waals surface area contributed by atoms with Crippen LogP contribution in [0.4, 0.5) is 17.5 Å². The maximum atomic E-state index is 4.77. The van der Waals surface area contributed by atoms with E-state index in [0.717, 1.165) is 63.1 Å². The van der Waals surface area contributed by atoms with Crippen molar-refractivity contribution in [1.82, 2.24) is 14.9 Å². The third kappa shape index (κ3) is 5.13. The molecule has 2 heterocycles. The van der Waals surface area contributed by atoms with Crippen molar-refractivity contribution in [3.05, 3.63) is 41.1 Å². The Kier molecular flexibility index (Phi) is 6.73.